The molecule has 6 rings (SSSR count). The Hall–Kier alpha value is -5.06. The number of para-hydroxylation sites is 2. The zero-order valence-electron chi connectivity index (χ0n) is 23.4. The standard InChI is InChI=1S/C20H11F2N2.C14H10F3NO3.Ir/c21-15-9-5-13(6-10-15)19-20(14-7-11-16(22)12-8-14)24-18-4-2-1-3-17(18)23-19;15-14(16,17)10-4-1-3-9(7-10)8-18-6-2-5-11(12(18)19)13(20)21;/h1-7,9-12H;1-7H,8H2,(H,20,21);/q-1;;. The minimum atomic E-state index is -4.47. The summed E-state index contributed by atoms with van der Waals surface area (Å²) in [4.78, 5) is 32.0. The number of halogens is 5. The molecule has 0 saturated heterocycles. The first-order valence-electron chi connectivity index (χ1n) is 13.3. The number of carboxylic acid groups (broad SMARTS) is 1. The van der Waals surface area contributed by atoms with Crippen LogP contribution in [0.2, 0.25) is 0 Å². The molecule has 0 aliphatic carbocycles. The van der Waals surface area contributed by atoms with Crippen LogP contribution in [0.4, 0.5) is 22.0 Å². The first kappa shape index (κ1) is 33.8. The van der Waals surface area contributed by atoms with Crippen LogP contribution in [0.15, 0.2) is 114 Å². The molecule has 0 unspecified atom stereocenters. The molecular formula is C34H21F5IrN3O3-. The molecule has 4 aromatic carbocycles. The van der Waals surface area contributed by atoms with Crippen LogP contribution in [0.3, 0.4) is 0 Å². The van der Waals surface area contributed by atoms with Crippen LogP contribution in [0.5, 0.6) is 0 Å². The first-order chi connectivity index (χ1) is 21.5. The van der Waals surface area contributed by atoms with Crippen molar-refractivity contribution in [2.45, 2.75) is 12.7 Å². The largest absolute Gasteiger partial charge is 0.477 e. The van der Waals surface area contributed by atoms with E-state index in [0.717, 1.165) is 39.4 Å². The molecule has 2 heterocycles. The van der Waals surface area contributed by atoms with Crippen molar-refractivity contribution in [3.05, 3.63) is 154 Å². The Labute approximate surface area is 272 Å². The third-order valence-electron chi connectivity index (χ3n) is 6.58. The topological polar surface area (TPSA) is 85.1 Å². The van der Waals surface area contributed by atoms with Crippen LogP contribution in [-0.2, 0) is 32.8 Å². The zero-order chi connectivity index (χ0) is 32.1. The molecule has 1 radical (unpaired) electrons. The fourth-order valence-corrected chi connectivity index (χ4v) is 4.42. The zero-order valence-corrected chi connectivity index (χ0v) is 25.8. The van der Waals surface area contributed by atoms with Gasteiger partial charge in [-0.25, -0.2) is 9.18 Å². The Bertz CT molecular complexity index is 1960. The number of aromatic nitrogens is 3. The molecule has 12 heteroatoms. The second-order valence-electron chi connectivity index (χ2n) is 9.70. The summed E-state index contributed by atoms with van der Waals surface area (Å²) >= 11 is 0. The number of benzene rings is 4. The van der Waals surface area contributed by atoms with E-state index in [9.17, 15) is 31.5 Å². The normalized spacial score (nSPS) is 10.9. The van der Waals surface area contributed by atoms with Crippen molar-refractivity contribution < 1.29 is 52.0 Å². The van der Waals surface area contributed by atoms with Gasteiger partial charge in [0.2, 0.25) is 0 Å². The number of nitrogens with zero attached hydrogens (tertiary/aromatic N) is 3. The number of alkyl halides is 3. The van der Waals surface area contributed by atoms with E-state index in [1.807, 2.05) is 24.3 Å². The number of carboxylic acids is 1. The molecule has 0 fully saturated rings. The number of aromatic carboxylic acids is 1. The Morgan fingerprint density at radius 2 is 1.46 bits per heavy atom. The molecule has 0 bridgehead atoms. The van der Waals surface area contributed by atoms with E-state index in [0.29, 0.717) is 17.0 Å². The van der Waals surface area contributed by atoms with E-state index < -0.39 is 28.8 Å². The molecule has 0 spiro atoms. The van der Waals surface area contributed by atoms with Crippen molar-refractivity contribution in [1.29, 1.82) is 0 Å². The molecule has 0 amide bonds. The molecule has 1 N–H and O–H groups in total. The fourth-order valence-electron chi connectivity index (χ4n) is 4.42. The van der Waals surface area contributed by atoms with Gasteiger partial charge in [0.1, 0.15) is 11.4 Å². The number of carbonyl (C=O) groups is 1. The number of hydrogen-bond acceptors (Lipinski definition) is 4. The Morgan fingerprint density at radius 1 is 0.804 bits per heavy atom. The van der Waals surface area contributed by atoms with Gasteiger partial charge in [0.25, 0.3) is 5.56 Å². The molecular weight excluding hydrogens is 786 g/mol. The van der Waals surface area contributed by atoms with E-state index in [2.05, 4.69) is 16.0 Å². The number of pyridine rings is 1. The van der Waals surface area contributed by atoms with Crippen molar-refractivity contribution in [3.63, 3.8) is 0 Å². The van der Waals surface area contributed by atoms with Crippen LogP contribution in [-0.4, -0.2) is 25.6 Å². The Balaban J connectivity index is 0.000000207. The summed E-state index contributed by atoms with van der Waals surface area (Å²) in [6.45, 7) is -0.135. The molecule has 46 heavy (non-hydrogen) atoms. The summed E-state index contributed by atoms with van der Waals surface area (Å²) in [5, 5.41) is 8.84. The van der Waals surface area contributed by atoms with E-state index in [1.165, 1.54) is 48.7 Å². The second-order valence-corrected chi connectivity index (χ2v) is 9.70. The van der Waals surface area contributed by atoms with E-state index >= 15 is 0 Å². The molecule has 6 nitrogen and oxygen atoms in total. The fraction of sp³-hybridized carbons (Fsp3) is 0.0588. The summed E-state index contributed by atoms with van der Waals surface area (Å²) in [6, 6.07) is 27.7. The quantitative estimate of drug-likeness (QED) is 0.143. The van der Waals surface area contributed by atoms with E-state index in [4.69, 9.17) is 5.11 Å². The predicted octanol–water partition coefficient (Wildman–Crippen LogP) is 7.65. The monoisotopic (exact) mass is 807 g/mol. The van der Waals surface area contributed by atoms with Gasteiger partial charge in [-0.1, -0.05) is 36.4 Å². The minimum absolute atomic E-state index is 0. The number of hydrogen-bond donors (Lipinski definition) is 1. The van der Waals surface area contributed by atoms with Gasteiger partial charge < -0.3 is 9.67 Å². The van der Waals surface area contributed by atoms with Crippen LogP contribution in [0.25, 0.3) is 33.5 Å². The van der Waals surface area contributed by atoms with Crippen LogP contribution < -0.4 is 5.56 Å². The van der Waals surface area contributed by atoms with Gasteiger partial charge in [0, 0.05) is 37.8 Å². The Morgan fingerprint density at radius 3 is 2.07 bits per heavy atom. The van der Waals surface area contributed by atoms with E-state index in [-0.39, 0.29) is 43.8 Å². The van der Waals surface area contributed by atoms with Gasteiger partial charge in [-0.15, -0.1) is 29.8 Å². The van der Waals surface area contributed by atoms with Crippen molar-refractivity contribution in [2.24, 2.45) is 0 Å². The molecule has 235 valence electrons. The minimum Gasteiger partial charge on any atom is -0.477 e. The smallest absolute Gasteiger partial charge is 0.416 e. The average Bonchev–Trinajstić information content (AvgIpc) is 3.02. The Kier molecular flexibility index (Phi) is 10.6. The predicted molar refractivity (Wildman–Crippen MR) is 157 cm³/mol. The van der Waals surface area contributed by atoms with Gasteiger partial charge in [-0.3, -0.25) is 19.2 Å². The van der Waals surface area contributed by atoms with Gasteiger partial charge in [-0.05, 0) is 59.7 Å². The summed E-state index contributed by atoms with van der Waals surface area (Å²) in [7, 11) is 0. The van der Waals surface area contributed by atoms with Gasteiger partial charge >= 0.3 is 12.1 Å². The average molecular weight is 807 g/mol. The van der Waals surface area contributed by atoms with Crippen molar-refractivity contribution in [3.8, 4) is 22.5 Å². The maximum absolute atomic E-state index is 13.2. The van der Waals surface area contributed by atoms with E-state index in [1.54, 1.807) is 18.2 Å². The molecule has 0 aliphatic rings. The van der Waals surface area contributed by atoms with Crippen molar-refractivity contribution in [2.75, 3.05) is 0 Å². The summed E-state index contributed by atoms with van der Waals surface area (Å²) in [5.41, 5.74) is 2.29. The summed E-state index contributed by atoms with van der Waals surface area (Å²) < 4.78 is 65.3. The number of rotatable bonds is 5. The van der Waals surface area contributed by atoms with Gasteiger partial charge in [-0.2, -0.15) is 13.2 Å². The SMILES string of the molecule is Fc1c[c-]c(-c2nc3ccccc3nc2-c2ccc(F)cc2)cc1.O=C(O)c1cccn(Cc2cccc(C(F)(F)F)c2)c1=O.[Ir]. The maximum Gasteiger partial charge on any atom is 0.416 e. The van der Waals surface area contributed by atoms with Crippen LogP contribution in [0.1, 0.15) is 21.5 Å². The summed E-state index contributed by atoms with van der Waals surface area (Å²) in [6.07, 6.45) is -3.14. The molecule has 0 atom stereocenters. The van der Waals surface area contributed by atoms with Crippen LogP contribution in [0, 0.1) is 17.7 Å². The van der Waals surface area contributed by atoms with Gasteiger partial charge in [0.05, 0.1) is 28.8 Å². The molecule has 0 aliphatic heterocycles. The molecule has 0 saturated carbocycles. The van der Waals surface area contributed by atoms with Crippen molar-refractivity contribution in [1.82, 2.24) is 14.5 Å². The van der Waals surface area contributed by atoms with Gasteiger partial charge in [0.15, 0.2) is 0 Å². The third-order valence-corrected chi connectivity index (χ3v) is 6.58. The first-order valence-corrected chi connectivity index (χ1v) is 13.3. The third kappa shape index (κ3) is 7.95. The maximum atomic E-state index is 13.2. The molecule has 6 aromatic rings. The second kappa shape index (κ2) is 14.4. The molecule has 2 aromatic heterocycles. The van der Waals surface area contributed by atoms with Crippen LogP contribution >= 0.6 is 0 Å². The number of fused-ring (bicyclic) bond motifs is 1. The summed E-state index contributed by atoms with van der Waals surface area (Å²) in [5.74, 6) is -2.06. The van der Waals surface area contributed by atoms with Crippen molar-refractivity contribution >= 4 is 17.0 Å².